The molecule has 0 radical (unpaired) electrons. The third-order valence-corrected chi connectivity index (χ3v) is 7.86. The fourth-order valence-corrected chi connectivity index (χ4v) is 5.56. The molecule has 1 aromatic rings. The highest BCUT2D eigenvalue weighted by Crippen LogP contribution is 2.28. The highest BCUT2D eigenvalue weighted by atomic mass is 32.1. The fourth-order valence-electron chi connectivity index (χ4n) is 5.30. The van der Waals surface area contributed by atoms with Gasteiger partial charge in [0.1, 0.15) is 11.4 Å². The zero-order chi connectivity index (χ0) is 26.0. The molecule has 1 saturated heterocycles. The van der Waals surface area contributed by atoms with Crippen molar-refractivity contribution in [3.05, 3.63) is 29.8 Å². The molecule has 2 aliphatic rings. The number of thiocarbonyl (C=S) groups is 1. The van der Waals surface area contributed by atoms with Crippen LogP contribution in [-0.2, 0) is 11.3 Å². The lowest BCUT2D eigenvalue weighted by Crippen LogP contribution is -2.49. The predicted molar refractivity (Wildman–Crippen MR) is 151 cm³/mol. The Bertz CT molecular complexity index is 810. The number of likely N-dealkylation sites (tertiary alicyclic amines) is 1. The summed E-state index contributed by atoms with van der Waals surface area (Å²) in [5.41, 5.74) is 0.801. The summed E-state index contributed by atoms with van der Waals surface area (Å²) in [4.78, 5) is 15.8. The minimum absolute atomic E-state index is 0.174. The van der Waals surface area contributed by atoms with Crippen molar-refractivity contribution in [2.75, 3.05) is 26.7 Å². The van der Waals surface area contributed by atoms with Gasteiger partial charge in [0.2, 0.25) is 0 Å². The molecule has 1 amide bonds. The van der Waals surface area contributed by atoms with E-state index in [4.69, 9.17) is 21.7 Å². The molecule has 1 unspecified atom stereocenters. The van der Waals surface area contributed by atoms with Gasteiger partial charge in [-0.15, -0.1) is 0 Å². The standard InChI is InChI=1S/C29H47N3O3S/c1-29(2,3)35-28(33)31-26(15-12-22-8-6-5-7-9-22)27(36)30-20-23-16-18-32(19-17-23)21-24-10-13-25(34-4)14-11-24/h10-11,13-14,22-23,26H,5-9,12,15-21H2,1-4H3,(H,30,36)(H,31,33). The van der Waals surface area contributed by atoms with Crippen molar-refractivity contribution in [1.29, 1.82) is 0 Å². The Kier molecular flexibility index (Phi) is 11.3. The lowest BCUT2D eigenvalue weighted by molar-refractivity contribution is 0.0514. The van der Waals surface area contributed by atoms with Gasteiger partial charge in [-0.05, 0) is 89.1 Å². The van der Waals surface area contributed by atoms with Crippen LogP contribution >= 0.6 is 12.2 Å². The van der Waals surface area contributed by atoms with Gasteiger partial charge in [-0.1, -0.05) is 56.5 Å². The number of rotatable bonds is 10. The molecule has 7 heteroatoms. The van der Waals surface area contributed by atoms with E-state index in [2.05, 4.69) is 27.7 Å². The smallest absolute Gasteiger partial charge is 0.408 e. The fraction of sp³-hybridized carbons (Fsp3) is 0.724. The number of hydrogen-bond donors (Lipinski definition) is 2. The second-order valence-corrected chi connectivity index (χ2v) is 12.0. The molecule has 1 aliphatic heterocycles. The van der Waals surface area contributed by atoms with Crippen molar-refractivity contribution in [1.82, 2.24) is 15.5 Å². The molecule has 1 atom stereocenters. The Labute approximate surface area is 223 Å². The van der Waals surface area contributed by atoms with Gasteiger partial charge in [-0.3, -0.25) is 4.90 Å². The van der Waals surface area contributed by atoms with Gasteiger partial charge in [0.25, 0.3) is 0 Å². The second-order valence-electron chi connectivity index (χ2n) is 11.6. The first-order chi connectivity index (χ1) is 17.2. The minimum Gasteiger partial charge on any atom is -0.497 e. The van der Waals surface area contributed by atoms with E-state index in [0.717, 1.165) is 68.5 Å². The summed E-state index contributed by atoms with van der Waals surface area (Å²) in [7, 11) is 1.70. The van der Waals surface area contributed by atoms with E-state index in [1.807, 2.05) is 32.9 Å². The predicted octanol–water partition coefficient (Wildman–Crippen LogP) is 6.08. The molecule has 36 heavy (non-hydrogen) atoms. The molecule has 0 aromatic heterocycles. The van der Waals surface area contributed by atoms with Gasteiger partial charge in [0.05, 0.1) is 18.1 Å². The Morgan fingerprint density at radius 2 is 1.72 bits per heavy atom. The van der Waals surface area contributed by atoms with Crippen LogP contribution in [-0.4, -0.2) is 54.4 Å². The molecule has 202 valence electrons. The molecule has 1 aliphatic carbocycles. The van der Waals surface area contributed by atoms with Crippen LogP contribution < -0.4 is 15.4 Å². The van der Waals surface area contributed by atoms with Gasteiger partial charge in [-0.2, -0.15) is 0 Å². The number of alkyl carbamates (subject to hydrolysis) is 1. The summed E-state index contributed by atoms with van der Waals surface area (Å²) in [5, 5.41) is 6.58. The van der Waals surface area contributed by atoms with E-state index >= 15 is 0 Å². The van der Waals surface area contributed by atoms with Gasteiger partial charge in [0, 0.05) is 13.1 Å². The highest BCUT2D eigenvalue weighted by molar-refractivity contribution is 7.80. The topological polar surface area (TPSA) is 62.8 Å². The van der Waals surface area contributed by atoms with Crippen molar-refractivity contribution in [3.8, 4) is 5.75 Å². The third kappa shape index (κ3) is 10.3. The van der Waals surface area contributed by atoms with Crippen molar-refractivity contribution >= 4 is 23.3 Å². The molecule has 3 rings (SSSR count). The van der Waals surface area contributed by atoms with Crippen LogP contribution in [0.3, 0.4) is 0 Å². The van der Waals surface area contributed by atoms with E-state index in [1.54, 1.807) is 7.11 Å². The number of nitrogens with zero attached hydrogens (tertiary/aromatic N) is 1. The highest BCUT2D eigenvalue weighted by Gasteiger charge is 2.25. The van der Waals surface area contributed by atoms with Crippen LogP contribution in [0, 0.1) is 11.8 Å². The Balaban J connectivity index is 1.44. The zero-order valence-electron chi connectivity index (χ0n) is 22.8. The first kappa shape index (κ1) is 28.7. The van der Waals surface area contributed by atoms with Crippen molar-refractivity contribution in [3.63, 3.8) is 0 Å². The maximum Gasteiger partial charge on any atom is 0.408 e. The SMILES string of the molecule is COc1ccc(CN2CCC(CNC(=S)C(CCC3CCCCC3)NC(=O)OC(C)(C)C)CC2)cc1. The lowest BCUT2D eigenvalue weighted by atomic mass is 9.85. The van der Waals surface area contributed by atoms with Crippen LogP contribution in [0.15, 0.2) is 24.3 Å². The summed E-state index contributed by atoms with van der Waals surface area (Å²) >= 11 is 5.80. The maximum atomic E-state index is 12.5. The first-order valence-corrected chi connectivity index (χ1v) is 14.2. The average molecular weight is 518 g/mol. The average Bonchev–Trinajstić information content (AvgIpc) is 2.86. The lowest BCUT2D eigenvalue weighted by Gasteiger charge is -2.33. The van der Waals surface area contributed by atoms with Gasteiger partial charge in [-0.25, -0.2) is 4.79 Å². The summed E-state index contributed by atoms with van der Waals surface area (Å²) in [5.74, 6) is 2.24. The maximum absolute atomic E-state index is 12.5. The van der Waals surface area contributed by atoms with E-state index in [9.17, 15) is 4.79 Å². The van der Waals surface area contributed by atoms with Crippen LogP contribution in [0.2, 0.25) is 0 Å². The third-order valence-electron chi connectivity index (χ3n) is 7.43. The van der Waals surface area contributed by atoms with E-state index < -0.39 is 5.60 Å². The zero-order valence-corrected chi connectivity index (χ0v) is 23.6. The van der Waals surface area contributed by atoms with Crippen molar-refractivity contribution < 1.29 is 14.3 Å². The summed E-state index contributed by atoms with van der Waals surface area (Å²) in [6, 6.07) is 8.18. The van der Waals surface area contributed by atoms with E-state index in [0.29, 0.717) is 5.92 Å². The molecule has 0 spiro atoms. The van der Waals surface area contributed by atoms with Crippen LogP contribution in [0.25, 0.3) is 0 Å². The van der Waals surface area contributed by atoms with Crippen LogP contribution in [0.5, 0.6) is 5.75 Å². The van der Waals surface area contributed by atoms with Gasteiger partial charge < -0.3 is 20.1 Å². The first-order valence-electron chi connectivity index (χ1n) is 13.8. The van der Waals surface area contributed by atoms with Crippen LogP contribution in [0.4, 0.5) is 4.79 Å². The quantitative estimate of drug-likeness (QED) is 0.367. The number of carbonyl (C=O) groups is 1. The number of nitrogens with one attached hydrogen (secondary N) is 2. The molecule has 2 N–H and O–H groups in total. The molecule has 1 saturated carbocycles. The number of ether oxygens (including phenoxy) is 2. The Morgan fingerprint density at radius 1 is 1.06 bits per heavy atom. The largest absolute Gasteiger partial charge is 0.497 e. The van der Waals surface area contributed by atoms with Crippen molar-refractivity contribution in [2.45, 2.75) is 96.7 Å². The molecule has 0 bridgehead atoms. The molecule has 6 nitrogen and oxygen atoms in total. The Morgan fingerprint density at radius 3 is 2.33 bits per heavy atom. The van der Waals surface area contributed by atoms with E-state index in [-0.39, 0.29) is 12.1 Å². The Hall–Kier alpha value is -1.86. The normalized spacial score (nSPS) is 18.9. The molecule has 2 fully saturated rings. The summed E-state index contributed by atoms with van der Waals surface area (Å²) in [6.45, 7) is 9.69. The minimum atomic E-state index is -0.521. The molecule has 1 aromatic carbocycles. The number of methoxy groups -OCH3 is 1. The van der Waals surface area contributed by atoms with E-state index in [1.165, 1.54) is 37.7 Å². The number of piperidine rings is 1. The number of carbonyl (C=O) groups excluding carboxylic acids is 1. The molecular weight excluding hydrogens is 470 g/mol. The van der Waals surface area contributed by atoms with Crippen LogP contribution in [0.1, 0.15) is 84.1 Å². The summed E-state index contributed by atoms with van der Waals surface area (Å²) in [6.07, 6.45) is 10.5. The monoisotopic (exact) mass is 517 g/mol. The molecular formula is C29H47N3O3S. The van der Waals surface area contributed by atoms with Crippen molar-refractivity contribution in [2.24, 2.45) is 11.8 Å². The molecule has 1 heterocycles. The van der Waals surface area contributed by atoms with Gasteiger partial charge in [0.15, 0.2) is 0 Å². The second kappa shape index (κ2) is 14.2. The number of benzene rings is 1. The number of hydrogen-bond acceptors (Lipinski definition) is 5. The summed E-state index contributed by atoms with van der Waals surface area (Å²) < 4.78 is 10.8. The van der Waals surface area contributed by atoms with Gasteiger partial charge >= 0.3 is 6.09 Å². The number of amides is 1.